The molecule has 3 N–H and O–H groups in total. The maximum absolute atomic E-state index is 8.07. The van der Waals surface area contributed by atoms with Crippen LogP contribution >= 0.6 is 0 Å². The van der Waals surface area contributed by atoms with Crippen molar-refractivity contribution in [3.8, 4) is 0 Å². The predicted molar refractivity (Wildman–Crippen MR) is 42.9 cm³/mol. The molecule has 0 aromatic heterocycles. The van der Waals surface area contributed by atoms with Gasteiger partial charge in [-0.1, -0.05) is 13.3 Å². The van der Waals surface area contributed by atoms with Crippen molar-refractivity contribution in [3.05, 3.63) is 0 Å². The second kappa shape index (κ2) is 8.88. The molecule has 0 aromatic rings. The molecule has 0 aromatic carbocycles. The average Bonchev–Trinajstić information content (AvgIpc) is 2.44. The second-order valence-corrected chi connectivity index (χ2v) is 2.25. The number of hydrogen-bond donors (Lipinski definition) is 3. The van der Waals surface area contributed by atoms with E-state index in [1.807, 2.05) is 0 Å². The van der Waals surface area contributed by atoms with Gasteiger partial charge in [-0.25, -0.2) is 0 Å². The molecule has 3 nitrogen and oxygen atoms in total. The fourth-order valence-electron chi connectivity index (χ4n) is 0.600. The molecular weight excluding hydrogens is 128 g/mol. The average molecular weight is 146 g/mol. The second-order valence-electron chi connectivity index (χ2n) is 2.25. The summed E-state index contributed by atoms with van der Waals surface area (Å²) in [5.41, 5.74) is 0. The summed E-state index contributed by atoms with van der Waals surface area (Å²) in [6.07, 6.45) is 2.04. The summed E-state index contributed by atoms with van der Waals surface area (Å²) in [5, 5.41) is 14.3. The van der Waals surface area contributed by atoms with Crippen LogP contribution in [0.3, 0.4) is 0 Å². The zero-order valence-corrected chi connectivity index (χ0v) is 6.69. The van der Waals surface area contributed by atoms with Gasteiger partial charge in [-0.05, 0) is 6.42 Å². The molecule has 0 atom stereocenters. The smallest absolute Gasteiger partial charge is 0.0455 e. The third-order valence-electron chi connectivity index (χ3n) is 1.24. The van der Waals surface area contributed by atoms with Gasteiger partial charge in [0.1, 0.15) is 0 Å². The lowest BCUT2D eigenvalue weighted by atomic mass is 10.4. The van der Waals surface area contributed by atoms with Crippen LogP contribution in [0.1, 0.15) is 19.8 Å². The molecule has 10 heavy (non-hydrogen) atoms. The van der Waals surface area contributed by atoms with E-state index in [4.69, 9.17) is 5.11 Å². The zero-order valence-electron chi connectivity index (χ0n) is 6.69. The van der Waals surface area contributed by atoms with Crippen LogP contribution in [0.4, 0.5) is 0 Å². The molecule has 1 saturated heterocycles. The van der Waals surface area contributed by atoms with Crippen molar-refractivity contribution >= 4 is 0 Å². The van der Waals surface area contributed by atoms with Crippen molar-refractivity contribution < 1.29 is 5.11 Å². The number of nitrogens with one attached hydrogen (secondary N) is 2. The van der Waals surface area contributed by atoms with Crippen molar-refractivity contribution in [2.75, 3.05) is 26.4 Å². The summed E-state index contributed by atoms with van der Waals surface area (Å²) in [5.74, 6) is 0. The fraction of sp³-hybridized carbons (Fsp3) is 1.00. The van der Waals surface area contributed by atoms with E-state index < -0.39 is 0 Å². The molecule has 0 amide bonds. The zero-order chi connectivity index (χ0) is 7.66. The monoisotopic (exact) mass is 146 g/mol. The lowest BCUT2D eigenvalue weighted by Gasteiger charge is -1.79. The van der Waals surface area contributed by atoms with Crippen LogP contribution in [0.5, 0.6) is 0 Å². The largest absolute Gasteiger partial charge is 0.396 e. The number of rotatable bonds is 2. The highest BCUT2D eigenvalue weighted by molar-refractivity contribution is 4.55. The lowest BCUT2D eigenvalue weighted by molar-refractivity contribution is 0.287. The molecule has 0 spiro atoms. The van der Waals surface area contributed by atoms with Gasteiger partial charge in [0.05, 0.1) is 0 Å². The molecule has 1 aliphatic rings. The van der Waals surface area contributed by atoms with Crippen molar-refractivity contribution in [2.24, 2.45) is 0 Å². The van der Waals surface area contributed by atoms with Gasteiger partial charge in [-0.3, -0.25) is 0 Å². The Hall–Kier alpha value is -0.120. The summed E-state index contributed by atoms with van der Waals surface area (Å²) in [6.45, 7) is 5.67. The third-order valence-corrected chi connectivity index (χ3v) is 1.24. The van der Waals surface area contributed by atoms with Crippen molar-refractivity contribution in [1.29, 1.82) is 0 Å². The van der Waals surface area contributed by atoms with E-state index in [2.05, 4.69) is 17.6 Å². The Morgan fingerprint density at radius 2 is 1.90 bits per heavy atom. The minimum atomic E-state index is 0.344. The van der Waals surface area contributed by atoms with E-state index in [0.29, 0.717) is 6.61 Å². The number of aliphatic hydroxyl groups excluding tert-OH is 1. The topological polar surface area (TPSA) is 44.3 Å². The van der Waals surface area contributed by atoms with Gasteiger partial charge in [0.15, 0.2) is 0 Å². The highest BCUT2D eigenvalue weighted by Crippen LogP contribution is 1.78. The maximum atomic E-state index is 8.07. The number of aliphatic hydroxyl groups is 1. The highest BCUT2D eigenvalue weighted by Gasteiger charge is 1.90. The lowest BCUT2D eigenvalue weighted by Crippen LogP contribution is -2.11. The molecule has 0 radical (unpaired) electrons. The highest BCUT2D eigenvalue weighted by atomic mass is 16.2. The first-order chi connectivity index (χ1) is 4.91. The number of hydrogen-bond acceptors (Lipinski definition) is 3. The van der Waals surface area contributed by atoms with Crippen LogP contribution in [-0.2, 0) is 0 Å². The van der Waals surface area contributed by atoms with Crippen LogP contribution in [0, 0.1) is 0 Å². The Labute approximate surface area is 62.8 Å². The summed E-state index contributed by atoms with van der Waals surface area (Å²) < 4.78 is 0. The van der Waals surface area contributed by atoms with E-state index in [9.17, 15) is 0 Å². The minimum absolute atomic E-state index is 0.344. The van der Waals surface area contributed by atoms with Crippen LogP contribution < -0.4 is 10.6 Å². The first-order valence-electron chi connectivity index (χ1n) is 3.94. The molecule has 0 unspecified atom stereocenters. The van der Waals surface area contributed by atoms with E-state index >= 15 is 0 Å². The van der Waals surface area contributed by atoms with E-state index in [1.165, 1.54) is 0 Å². The van der Waals surface area contributed by atoms with E-state index in [1.54, 1.807) is 0 Å². The van der Waals surface area contributed by atoms with Crippen LogP contribution in [0.2, 0.25) is 0 Å². The Kier molecular flexibility index (Phi) is 8.77. The fourth-order valence-corrected chi connectivity index (χ4v) is 0.600. The van der Waals surface area contributed by atoms with Gasteiger partial charge in [-0.15, -0.1) is 0 Å². The third kappa shape index (κ3) is 7.88. The van der Waals surface area contributed by atoms with Gasteiger partial charge in [0.2, 0.25) is 0 Å². The minimum Gasteiger partial charge on any atom is -0.396 e. The molecule has 3 heteroatoms. The molecule has 1 aliphatic heterocycles. The Morgan fingerprint density at radius 3 is 2.00 bits per heavy atom. The quantitative estimate of drug-likeness (QED) is 0.510. The van der Waals surface area contributed by atoms with Crippen LogP contribution in [0.25, 0.3) is 0 Å². The Morgan fingerprint density at radius 1 is 1.30 bits per heavy atom. The molecule has 0 saturated carbocycles. The molecular formula is C7H18N2O. The van der Waals surface area contributed by atoms with Gasteiger partial charge >= 0.3 is 0 Å². The SMILES string of the molecule is C1CNCN1.CCCCO. The van der Waals surface area contributed by atoms with Crippen molar-refractivity contribution in [3.63, 3.8) is 0 Å². The predicted octanol–water partition coefficient (Wildman–Crippen LogP) is -0.0845. The standard InChI is InChI=1S/C4H10O.C3H8N2/c1-2-3-4-5;1-2-5-3-4-1/h5H,2-4H2,1H3;4-5H,1-3H2. The van der Waals surface area contributed by atoms with Crippen LogP contribution in [0.15, 0.2) is 0 Å². The van der Waals surface area contributed by atoms with Gasteiger partial charge in [-0.2, -0.15) is 0 Å². The van der Waals surface area contributed by atoms with E-state index in [-0.39, 0.29) is 0 Å². The first-order valence-corrected chi connectivity index (χ1v) is 3.94. The van der Waals surface area contributed by atoms with Gasteiger partial charge in [0, 0.05) is 26.4 Å². The summed E-state index contributed by atoms with van der Waals surface area (Å²) in [6, 6.07) is 0. The summed E-state index contributed by atoms with van der Waals surface area (Å²) >= 11 is 0. The Bertz CT molecular complexity index is 46.0. The molecule has 1 fully saturated rings. The van der Waals surface area contributed by atoms with Crippen molar-refractivity contribution in [2.45, 2.75) is 19.8 Å². The molecule has 0 bridgehead atoms. The first kappa shape index (κ1) is 9.88. The maximum Gasteiger partial charge on any atom is 0.0455 e. The van der Waals surface area contributed by atoms with Gasteiger partial charge < -0.3 is 15.7 Å². The van der Waals surface area contributed by atoms with E-state index in [0.717, 1.165) is 32.6 Å². The van der Waals surface area contributed by atoms with Gasteiger partial charge in [0.25, 0.3) is 0 Å². The van der Waals surface area contributed by atoms with Crippen molar-refractivity contribution in [1.82, 2.24) is 10.6 Å². The summed E-state index contributed by atoms with van der Waals surface area (Å²) in [7, 11) is 0. The molecule has 0 aliphatic carbocycles. The molecule has 62 valence electrons. The Balaban J connectivity index is 0.000000162. The normalized spacial score (nSPS) is 16.2. The summed E-state index contributed by atoms with van der Waals surface area (Å²) in [4.78, 5) is 0. The molecule has 1 heterocycles. The molecule has 1 rings (SSSR count). The number of unbranched alkanes of at least 4 members (excludes halogenated alkanes) is 1. The van der Waals surface area contributed by atoms with Crippen LogP contribution in [-0.4, -0.2) is 31.5 Å².